The van der Waals surface area contributed by atoms with E-state index in [9.17, 15) is 8.42 Å². The average molecular weight is 237 g/mol. The van der Waals surface area contributed by atoms with Gasteiger partial charge in [0.05, 0.1) is 11.2 Å². The summed E-state index contributed by atoms with van der Waals surface area (Å²) in [6, 6.07) is 6.36. The number of rotatable bonds is 2. The van der Waals surface area contributed by atoms with E-state index in [0.717, 1.165) is 12.2 Å². The zero-order chi connectivity index (χ0) is 11.6. The Bertz CT molecular complexity index is 532. The molecule has 84 valence electrons. The Morgan fingerprint density at radius 1 is 1.25 bits per heavy atom. The van der Waals surface area contributed by atoms with Gasteiger partial charge in [-0.15, -0.1) is 0 Å². The Hall–Kier alpha value is -1.66. The summed E-state index contributed by atoms with van der Waals surface area (Å²) in [6.07, 6.45) is 5.31. The Labute approximate surface area is 94.0 Å². The molecular formula is C10H11N3O2S. The molecule has 0 atom stereocenters. The van der Waals surface area contributed by atoms with Gasteiger partial charge in [-0.25, -0.2) is 18.5 Å². The Morgan fingerprint density at radius 3 is 2.44 bits per heavy atom. The molecule has 0 bridgehead atoms. The Balaban J connectivity index is 2.26. The van der Waals surface area contributed by atoms with E-state index in [2.05, 4.69) is 4.99 Å². The Kier molecular flexibility index (Phi) is 2.76. The van der Waals surface area contributed by atoms with Gasteiger partial charge in [-0.05, 0) is 30.3 Å². The summed E-state index contributed by atoms with van der Waals surface area (Å²) in [5.74, 6) is 0. The van der Waals surface area contributed by atoms with Crippen molar-refractivity contribution in [2.75, 3.05) is 11.4 Å². The monoisotopic (exact) mass is 237 g/mol. The lowest BCUT2D eigenvalue weighted by atomic mass is 10.3. The van der Waals surface area contributed by atoms with Crippen LogP contribution in [-0.4, -0.2) is 21.3 Å². The second-order valence-electron chi connectivity index (χ2n) is 3.34. The maximum absolute atomic E-state index is 11.0. The third-order valence-electron chi connectivity index (χ3n) is 2.20. The SMILES string of the molecule is NS(=O)(=O)c1ccc(N2C=NC=CC2)cc1. The van der Waals surface area contributed by atoms with E-state index in [1.807, 2.05) is 11.0 Å². The number of hydrogen-bond acceptors (Lipinski definition) is 4. The van der Waals surface area contributed by atoms with Gasteiger partial charge in [-0.1, -0.05) is 0 Å². The molecule has 1 aliphatic heterocycles. The molecule has 0 amide bonds. The first-order valence-corrected chi connectivity index (χ1v) is 6.20. The minimum absolute atomic E-state index is 0.112. The summed E-state index contributed by atoms with van der Waals surface area (Å²) in [4.78, 5) is 5.99. The van der Waals surface area contributed by atoms with E-state index in [0.29, 0.717) is 0 Å². The molecule has 0 spiro atoms. The largest absolute Gasteiger partial charge is 0.329 e. The molecule has 0 radical (unpaired) electrons. The van der Waals surface area contributed by atoms with Crippen LogP contribution < -0.4 is 10.0 Å². The van der Waals surface area contributed by atoms with Gasteiger partial charge in [0.15, 0.2) is 0 Å². The van der Waals surface area contributed by atoms with E-state index in [1.54, 1.807) is 24.7 Å². The van der Waals surface area contributed by atoms with Crippen molar-refractivity contribution >= 4 is 22.0 Å². The lowest BCUT2D eigenvalue weighted by Crippen LogP contribution is -2.22. The third-order valence-corrected chi connectivity index (χ3v) is 3.13. The summed E-state index contributed by atoms with van der Waals surface area (Å²) in [7, 11) is -3.62. The average Bonchev–Trinajstić information content (AvgIpc) is 2.29. The minimum atomic E-state index is -3.62. The number of benzene rings is 1. The first-order valence-electron chi connectivity index (χ1n) is 4.65. The van der Waals surface area contributed by atoms with Gasteiger partial charge >= 0.3 is 0 Å². The van der Waals surface area contributed by atoms with Crippen molar-refractivity contribution in [2.24, 2.45) is 10.1 Å². The molecule has 1 aliphatic rings. The molecule has 1 heterocycles. The molecule has 16 heavy (non-hydrogen) atoms. The number of anilines is 1. The smallest absolute Gasteiger partial charge is 0.238 e. The predicted molar refractivity (Wildman–Crippen MR) is 62.8 cm³/mol. The van der Waals surface area contributed by atoms with Crippen molar-refractivity contribution in [3.63, 3.8) is 0 Å². The van der Waals surface area contributed by atoms with Crippen LogP contribution in [0.4, 0.5) is 5.69 Å². The maximum atomic E-state index is 11.0. The molecule has 0 fully saturated rings. The topological polar surface area (TPSA) is 75.8 Å². The normalized spacial score (nSPS) is 15.4. The van der Waals surface area contributed by atoms with Gasteiger partial charge in [0.2, 0.25) is 10.0 Å². The minimum Gasteiger partial charge on any atom is -0.329 e. The first-order chi connectivity index (χ1) is 7.57. The molecule has 2 rings (SSSR count). The molecule has 6 heteroatoms. The lowest BCUT2D eigenvalue weighted by molar-refractivity contribution is 0.598. The van der Waals surface area contributed by atoms with Gasteiger partial charge < -0.3 is 4.90 Å². The fraction of sp³-hybridized carbons (Fsp3) is 0.100. The number of primary sulfonamides is 1. The van der Waals surface area contributed by atoms with Gasteiger partial charge in [0, 0.05) is 18.4 Å². The van der Waals surface area contributed by atoms with Crippen LogP contribution in [0, 0.1) is 0 Å². The van der Waals surface area contributed by atoms with E-state index >= 15 is 0 Å². The number of hydrogen-bond donors (Lipinski definition) is 1. The van der Waals surface area contributed by atoms with Crippen LogP contribution >= 0.6 is 0 Å². The maximum Gasteiger partial charge on any atom is 0.238 e. The Morgan fingerprint density at radius 2 is 1.94 bits per heavy atom. The van der Waals surface area contributed by atoms with Gasteiger partial charge in [-0.2, -0.15) is 0 Å². The number of nitrogens with two attached hydrogens (primary N) is 1. The van der Waals surface area contributed by atoms with Crippen LogP contribution in [0.1, 0.15) is 0 Å². The quantitative estimate of drug-likeness (QED) is 0.822. The van der Waals surface area contributed by atoms with Crippen molar-refractivity contribution in [3.8, 4) is 0 Å². The summed E-state index contributed by atoms with van der Waals surface area (Å²) in [5.41, 5.74) is 0.875. The standard InChI is InChI=1S/C10H11N3O2S/c11-16(14,15)10-4-2-9(3-5-10)13-7-1-6-12-8-13/h1-6,8H,7H2,(H2,11,14,15). The van der Waals surface area contributed by atoms with Gasteiger partial charge in [0.1, 0.15) is 0 Å². The van der Waals surface area contributed by atoms with Crippen molar-refractivity contribution in [1.82, 2.24) is 0 Å². The summed E-state index contributed by atoms with van der Waals surface area (Å²) in [6.45, 7) is 0.720. The molecule has 0 unspecified atom stereocenters. The number of sulfonamides is 1. The van der Waals surface area contributed by atoms with Crippen LogP contribution in [0.3, 0.4) is 0 Å². The third kappa shape index (κ3) is 2.29. The zero-order valence-corrected chi connectivity index (χ0v) is 9.26. The number of nitrogens with zero attached hydrogens (tertiary/aromatic N) is 2. The second-order valence-corrected chi connectivity index (χ2v) is 4.90. The van der Waals surface area contributed by atoms with Crippen molar-refractivity contribution in [3.05, 3.63) is 36.5 Å². The fourth-order valence-electron chi connectivity index (χ4n) is 1.39. The molecule has 0 aromatic heterocycles. The molecule has 1 aromatic carbocycles. The van der Waals surface area contributed by atoms with Crippen molar-refractivity contribution < 1.29 is 8.42 Å². The molecule has 0 saturated heterocycles. The van der Waals surface area contributed by atoms with Crippen LogP contribution in [0.2, 0.25) is 0 Å². The van der Waals surface area contributed by atoms with Crippen molar-refractivity contribution in [2.45, 2.75) is 4.90 Å². The highest BCUT2D eigenvalue weighted by Gasteiger charge is 2.09. The predicted octanol–water partition coefficient (Wildman–Crippen LogP) is 0.696. The van der Waals surface area contributed by atoms with E-state index in [1.165, 1.54) is 12.1 Å². The van der Waals surface area contributed by atoms with Crippen LogP contribution in [-0.2, 0) is 10.0 Å². The first kappa shape index (κ1) is 10.8. The summed E-state index contributed by atoms with van der Waals surface area (Å²) in [5, 5.41) is 5.01. The second kappa shape index (κ2) is 4.07. The van der Waals surface area contributed by atoms with E-state index in [4.69, 9.17) is 5.14 Å². The summed E-state index contributed by atoms with van der Waals surface area (Å²) >= 11 is 0. The van der Waals surface area contributed by atoms with Gasteiger partial charge in [0.25, 0.3) is 0 Å². The van der Waals surface area contributed by atoms with E-state index < -0.39 is 10.0 Å². The van der Waals surface area contributed by atoms with E-state index in [-0.39, 0.29) is 4.90 Å². The van der Waals surface area contributed by atoms with Crippen LogP contribution in [0.25, 0.3) is 0 Å². The highest BCUT2D eigenvalue weighted by atomic mass is 32.2. The van der Waals surface area contributed by atoms with Crippen LogP contribution in [0.15, 0.2) is 46.4 Å². The molecule has 0 saturated carbocycles. The summed E-state index contributed by atoms with van der Waals surface area (Å²) < 4.78 is 22.1. The molecule has 0 aliphatic carbocycles. The molecular weight excluding hydrogens is 226 g/mol. The van der Waals surface area contributed by atoms with Gasteiger partial charge in [-0.3, -0.25) is 0 Å². The lowest BCUT2D eigenvalue weighted by Gasteiger charge is -2.19. The van der Waals surface area contributed by atoms with Crippen LogP contribution in [0.5, 0.6) is 0 Å². The highest BCUT2D eigenvalue weighted by Crippen LogP contribution is 2.17. The molecule has 1 aromatic rings. The zero-order valence-electron chi connectivity index (χ0n) is 8.45. The fourth-order valence-corrected chi connectivity index (χ4v) is 1.90. The molecule has 2 N–H and O–H groups in total. The highest BCUT2D eigenvalue weighted by molar-refractivity contribution is 7.89. The van der Waals surface area contributed by atoms with Crippen molar-refractivity contribution in [1.29, 1.82) is 0 Å². The number of aliphatic imine (C=N–C) groups is 1. The molecule has 5 nitrogen and oxygen atoms in total.